The highest BCUT2D eigenvalue weighted by Crippen LogP contribution is 2.39. The van der Waals surface area contributed by atoms with Gasteiger partial charge >= 0.3 is 24.2 Å². The van der Waals surface area contributed by atoms with Crippen molar-refractivity contribution in [3.63, 3.8) is 0 Å². The van der Waals surface area contributed by atoms with Gasteiger partial charge < -0.3 is 0 Å². The van der Waals surface area contributed by atoms with Crippen LogP contribution in [0.25, 0.3) is 0 Å². The lowest BCUT2D eigenvalue weighted by Crippen LogP contribution is -2.38. The molecule has 0 radical (unpaired) electrons. The van der Waals surface area contributed by atoms with E-state index in [0.29, 0.717) is 0 Å². The summed E-state index contributed by atoms with van der Waals surface area (Å²) in [5.74, 6) is -14.0. The van der Waals surface area contributed by atoms with Gasteiger partial charge in [0.2, 0.25) is 0 Å². The maximum Gasteiger partial charge on any atom is 0.453 e. The van der Waals surface area contributed by atoms with Crippen molar-refractivity contribution in [2.24, 2.45) is 0 Å². The molecule has 0 saturated carbocycles. The minimum Gasteiger partial charge on any atom is -0.270 e. The van der Waals surface area contributed by atoms with Crippen LogP contribution in [0, 0.1) is 0 Å². The highest BCUT2D eigenvalue weighted by Gasteiger charge is 2.58. The third-order valence-corrected chi connectivity index (χ3v) is 5.44. The van der Waals surface area contributed by atoms with E-state index in [1.54, 1.807) is 0 Å². The zero-order chi connectivity index (χ0) is 23.4. The van der Waals surface area contributed by atoms with Gasteiger partial charge in [0, 0.05) is 12.8 Å². The normalized spacial score (nSPS) is 15.0. The third kappa shape index (κ3) is 10.1. The number of hydrogen-bond donors (Lipinski definition) is 0. The molecule has 0 heterocycles. The van der Waals surface area contributed by atoms with E-state index in [1.165, 1.54) is 0 Å². The lowest BCUT2D eigenvalue weighted by atomic mass is 10.2. The van der Waals surface area contributed by atoms with E-state index >= 15 is 0 Å². The lowest BCUT2D eigenvalue weighted by molar-refractivity contribution is -0.282. The van der Waals surface area contributed by atoms with Crippen molar-refractivity contribution in [2.75, 3.05) is 24.7 Å². The van der Waals surface area contributed by atoms with Gasteiger partial charge in [0.05, 0.1) is 24.7 Å². The van der Waals surface area contributed by atoms with E-state index in [1.807, 2.05) is 0 Å². The van der Waals surface area contributed by atoms with Gasteiger partial charge in [-0.05, 0) is 6.42 Å². The Balaban J connectivity index is 4.35. The van der Waals surface area contributed by atoms with Crippen LogP contribution in [0.1, 0.15) is 19.3 Å². The fourth-order valence-corrected chi connectivity index (χ4v) is 3.33. The summed E-state index contributed by atoms with van der Waals surface area (Å²) in [5.41, 5.74) is 0. The van der Waals surface area contributed by atoms with Gasteiger partial charge in [0.15, 0.2) is 0 Å². The van der Waals surface area contributed by atoms with E-state index in [-0.39, 0.29) is 0 Å². The summed E-state index contributed by atoms with van der Waals surface area (Å²) in [6.07, 6.45) is -16.8. The summed E-state index contributed by atoms with van der Waals surface area (Å²) >= 11 is 0. The van der Waals surface area contributed by atoms with Crippen LogP contribution >= 0.6 is 0 Å². The van der Waals surface area contributed by atoms with Gasteiger partial charge in [0.25, 0.3) is 20.2 Å². The number of alkyl halides is 10. The highest BCUT2D eigenvalue weighted by molar-refractivity contribution is 7.86. The molecule has 0 amide bonds. The number of rotatable bonds is 12. The molecule has 0 aliphatic heterocycles. The topological polar surface area (TPSA) is 86.7 Å². The molecule has 18 heteroatoms. The van der Waals surface area contributed by atoms with E-state index in [2.05, 4.69) is 8.37 Å². The maximum atomic E-state index is 12.6. The zero-order valence-corrected chi connectivity index (χ0v) is 15.6. The molecule has 6 nitrogen and oxygen atoms in total. The summed E-state index contributed by atoms with van der Waals surface area (Å²) < 4.78 is 175. The lowest BCUT2D eigenvalue weighted by Gasteiger charge is -2.19. The molecule has 29 heavy (non-hydrogen) atoms. The third-order valence-electron chi connectivity index (χ3n) is 2.98. The molecule has 0 fully saturated rings. The van der Waals surface area contributed by atoms with Crippen molar-refractivity contribution >= 4 is 20.2 Å². The molecular formula is C11H14F10O6S2. The molecule has 0 aromatic rings. The predicted octanol–water partition coefficient (Wildman–Crippen LogP) is 3.24. The first-order valence-corrected chi connectivity index (χ1v) is 10.4. The standard InChI is InChI=1S/C11H14F10O6S2/c12-8(13,10(16,17)18)2-6-28(22,23)26-4-1-5-27-29(24,25)7-3-9(14,15)11(19,20)21/h1-7H2. The fourth-order valence-electron chi connectivity index (χ4n) is 1.34. The van der Waals surface area contributed by atoms with Crippen molar-refractivity contribution in [3.8, 4) is 0 Å². The van der Waals surface area contributed by atoms with Crippen LogP contribution in [0.5, 0.6) is 0 Å². The molecule has 0 saturated heterocycles. The van der Waals surface area contributed by atoms with Gasteiger partial charge in [-0.3, -0.25) is 8.37 Å². The molecule has 0 aliphatic carbocycles. The smallest absolute Gasteiger partial charge is 0.270 e. The van der Waals surface area contributed by atoms with Crippen LogP contribution in [0.15, 0.2) is 0 Å². The van der Waals surface area contributed by atoms with Crippen LogP contribution in [-0.4, -0.2) is 65.8 Å². The summed E-state index contributed by atoms with van der Waals surface area (Å²) in [6, 6.07) is 0. The van der Waals surface area contributed by atoms with Crippen LogP contribution in [0.3, 0.4) is 0 Å². The molecule has 0 aliphatic rings. The summed E-state index contributed by atoms with van der Waals surface area (Å²) in [4.78, 5) is 0. The van der Waals surface area contributed by atoms with E-state index < -0.39 is 88.4 Å². The van der Waals surface area contributed by atoms with E-state index in [4.69, 9.17) is 0 Å². The number of halogens is 10. The summed E-state index contributed by atoms with van der Waals surface area (Å²) in [7, 11) is -9.69. The molecule has 0 spiro atoms. The molecule has 176 valence electrons. The van der Waals surface area contributed by atoms with Crippen LogP contribution in [0.2, 0.25) is 0 Å². The van der Waals surface area contributed by atoms with Gasteiger partial charge in [-0.15, -0.1) is 0 Å². The molecule has 0 bridgehead atoms. The Bertz CT molecular complexity index is 664. The van der Waals surface area contributed by atoms with Gasteiger partial charge in [-0.2, -0.15) is 60.7 Å². The van der Waals surface area contributed by atoms with Crippen molar-refractivity contribution in [2.45, 2.75) is 43.5 Å². The Labute approximate surface area is 158 Å². The highest BCUT2D eigenvalue weighted by atomic mass is 32.2. The molecule has 0 unspecified atom stereocenters. The second-order valence-electron chi connectivity index (χ2n) is 5.43. The average molecular weight is 496 g/mol. The van der Waals surface area contributed by atoms with Crippen molar-refractivity contribution in [3.05, 3.63) is 0 Å². The van der Waals surface area contributed by atoms with Crippen LogP contribution < -0.4 is 0 Å². The first-order chi connectivity index (χ1) is 12.6. The quantitative estimate of drug-likeness (QED) is 0.234. The Morgan fingerprint density at radius 1 is 0.552 bits per heavy atom. The Morgan fingerprint density at radius 3 is 1.07 bits per heavy atom. The maximum absolute atomic E-state index is 12.6. The minimum atomic E-state index is -5.98. The minimum absolute atomic E-state index is 0.621. The predicted molar refractivity (Wildman–Crippen MR) is 75.3 cm³/mol. The molecule has 0 rings (SSSR count). The average Bonchev–Trinajstić information content (AvgIpc) is 2.49. The van der Waals surface area contributed by atoms with Gasteiger partial charge in [-0.1, -0.05) is 0 Å². The largest absolute Gasteiger partial charge is 0.453 e. The van der Waals surface area contributed by atoms with Crippen molar-refractivity contribution < 1.29 is 69.1 Å². The van der Waals surface area contributed by atoms with Crippen molar-refractivity contribution in [1.29, 1.82) is 0 Å². The first-order valence-electron chi connectivity index (χ1n) is 7.25. The molecular weight excluding hydrogens is 482 g/mol. The second kappa shape index (κ2) is 9.51. The second-order valence-corrected chi connectivity index (χ2v) is 8.94. The van der Waals surface area contributed by atoms with E-state index in [0.717, 1.165) is 0 Å². The van der Waals surface area contributed by atoms with Gasteiger partial charge in [-0.25, -0.2) is 0 Å². The fraction of sp³-hybridized carbons (Fsp3) is 1.00. The molecule has 0 atom stereocenters. The van der Waals surface area contributed by atoms with Gasteiger partial charge in [0.1, 0.15) is 0 Å². The Hall–Kier alpha value is -0.880. The van der Waals surface area contributed by atoms with E-state index in [9.17, 15) is 60.7 Å². The summed E-state index contributed by atoms with van der Waals surface area (Å²) in [6.45, 7) is -1.87. The van der Waals surface area contributed by atoms with Crippen LogP contribution in [0.4, 0.5) is 43.9 Å². The molecule has 0 aromatic carbocycles. The SMILES string of the molecule is O=S(=O)(CCC(F)(F)C(F)(F)F)OCCCOS(=O)(=O)CCC(F)(F)C(F)(F)F. The Morgan fingerprint density at radius 2 is 0.828 bits per heavy atom. The number of hydrogen-bond acceptors (Lipinski definition) is 6. The van der Waals surface area contributed by atoms with Crippen molar-refractivity contribution in [1.82, 2.24) is 0 Å². The van der Waals surface area contributed by atoms with Crippen LogP contribution in [-0.2, 0) is 28.6 Å². The summed E-state index contributed by atoms with van der Waals surface area (Å²) in [5, 5.41) is 0. The Kier molecular flexibility index (Phi) is 9.22. The zero-order valence-electron chi connectivity index (χ0n) is 14.0. The monoisotopic (exact) mass is 496 g/mol. The molecule has 0 N–H and O–H groups in total. The molecule has 0 aromatic heterocycles. The first kappa shape index (κ1) is 28.1.